The Balaban J connectivity index is 0.00000385. The van der Waals surface area contributed by atoms with Gasteiger partial charge in [0.15, 0.2) is 0 Å². The maximum absolute atomic E-state index is 12.8. The van der Waals surface area contributed by atoms with Gasteiger partial charge in [-0.2, -0.15) is 13.5 Å². The van der Waals surface area contributed by atoms with Crippen molar-refractivity contribution >= 4 is 42.6 Å². The minimum absolute atomic E-state index is 0. The highest BCUT2D eigenvalue weighted by molar-refractivity contribution is 7.59. The molecule has 0 bridgehead atoms. The molecule has 0 aliphatic heterocycles. The summed E-state index contributed by atoms with van der Waals surface area (Å²) in [4.78, 5) is 37.5. The minimum Gasteiger partial charge on any atom is -0.444 e. The van der Waals surface area contributed by atoms with E-state index in [0.29, 0.717) is 24.2 Å². The molecule has 2 saturated carbocycles. The topological polar surface area (TPSA) is 114 Å². The molecule has 3 rings (SSSR count). The lowest BCUT2D eigenvalue weighted by Gasteiger charge is -2.37. The number of alkyl carbamates (subject to hydrolysis) is 1. The smallest absolute Gasteiger partial charge is 0.407 e. The van der Waals surface area contributed by atoms with Gasteiger partial charge < -0.3 is 20.3 Å². The van der Waals surface area contributed by atoms with E-state index in [1.54, 1.807) is 40.0 Å². The van der Waals surface area contributed by atoms with Crippen molar-refractivity contribution in [1.82, 2.24) is 5.32 Å². The van der Waals surface area contributed by atoms with Gasteiger partial charge in [0, 0.05) is 31.1 Å². The third-order valence-corrected chi connectivity index (χ3v) is 6.07. The van der Waals surface area contributed by atoms with Crippen molar-refractivity contribution in [1.29, 1.82) is 0 Å². The van der Waals surface area contributed by atoms with Crippen LogP contribution in [0, 0.1) is 16.0 Å². The van der Waals surface area contributed by atoms with Gasteiger partial charge in [-0.3, -0.25) is 14.9 Å². The molecule has 0 heterocycles. The van der Waals surface area contributed by atoms with Crippen molar-refractivity contribution in [3.63, 3.8) is 0 Å². The molecular weight excluding hydrogens is 444 g/mol. The number of nitrogens with zero attached hydrogens (tertiary/aromatic N) is 2. The summed E-state index contributed by atoms with van der Waals surface area (Å²) in [5.41, 5.74) is 0.322. The summed E-state index contributed by atoms with van der Waals surface area (Å²) in [6, 6.07) is 4.84. The summed E-state index contributed by atoms with van der Waals surface area (Å²) in [6.45, 7) is 5.42. The lowest BCUT2D eigenvalue weighted by Crippen LogP contribution is -2.50. The molecule has 33 heavy (non-hydrogen) atoms. The van der Waals surface area contributed by atoms with Crippen molar-refractivity contribution in [2.45, 2.75) is 83.4 Å². The number of carbonyl (C=O) groups is 2. The number of nitro benzene ring substituents is 1. The number of nitrogens with one attached hydrogen (secondary N) is 2. The Morgan fingerprint density at radius 1 is 1.12 bits per heavy atom. The molecule has 10 heteroatoms. The van der Waals surface area contributed by atoms with Crippen molar-refractivity contribution in [2.75, 3.05) is 17.3 Å². The van der Waals surface area contributed by atoms with Gasteiger partial charge in [0.2, 0.25) is 5.91 Å². The molecule has 2 aliphatic rings. The van der Waals surface area contributed by atoms with Gasteiger partial charge in [-0.1, -0.05) is 19.3 Å². The SMILES string of the molecule is CN(C(=O)C1CCCCC1)c1ccc(NC2CC(NC(=O)OC(C)(C)C)C2)c([N+](=O)[O-])c1.S. The second-order valence-corrected chi connectivity index (χ2v) is 9.85. The monoisotopic (exact) mass is 480 g/mol. The normalized spacial score (nSPS) is 20.6. The number of hydrogen-bond donors (Lipinski definition) is 2. The fourth-order valence-corrected chi connectivity index (χ4v) is 4.30. The first-order chi connectivity index (χ1) is 15.0. The Bertz CT molecular complexity index is 861. The Hall–Kier alpha value is -2.49. The van der Waals surface area contributed by atoms with Crippen molar-refractivity contribution < 1.29 is 19.2 Å². The third-order valence-electron chi connectivity index (χ3n) is 6.07. The second-order valence-electron chi connectivity index (χ2n) is 9.85. The highest BCUT2D eigenvalue weighted by Gasteiger charge is 2.33. The molecule has 184 valence electrons. The van der Waals surface area contributed by atoms with Crippen LogP contribution in [0.2, 0.25) is 0 Å². The maximum atomic E-state index is 12.8. The number of ether oxygens (including phenoxy) is 1. The number of rotatable bonds is 6. The van der Waals surface area contributed by atoms with Crippen molar-refractivity contribution in [3.05, 3.63) is 28.3 Å². The molecule has 2 aliphatic carbocycles. The van der Waals surface area contributed by atoms with E-state index in [0.717, 1.165) is 32.1 Å². The molecule has 0 atom stereocenters. The summed E-state index contributed by atoms with van der Waals surface area (Å²) >= 11 is 0. The predicted octanol–water partition coefficient (Wildman–Crippen LogP) is 4.72. The van der Waals surface area contributed by atoms with Crippen molar-refractivity contribution in [2.24, 2.45) is 5.92 Å². The van der Waals surface area contributed by atoms with Crippen LogP contribution in [-0.4, -0.2) is 41.7 Å². The van der Waals surface area contributed by atoms with E-state index in [4.69, 9.17) is 4.74 Å². The van der Waals surface area contributed by atoms with Gasteiger partial charge >= 0.3 is 6.09 Å². The van der Waals surface area contributed by atoms with Crippen LogP contribution in [0.1, 0.15) is 65.7 Å². The third kappa shape index (κ3) is 7.25. The van der Waals surface area contributed by atoms with E-state index in [9.17, 15) is 19.7 Å². The number of anilines is 2. The molecule has 0 aromatic heterocycles. The molecule has 0 spiro atoms. The highest BCUT2D eigenvalue weighted by Crippen LogP contribution is 2.34. The summed E-state index contributed by atoms with van der Waals surface area (Å²) in [5.74, 6) is 0.0183. The summed E-state index contributed by atoms with van der Waals surface area (Å²) in [5, 5.41) is 17.7. The van der Waals surface area contributed by atoms with E-state index in [1.807, 2.05) is 0 Å². The maximum Gasteiger partial charge on any atom is 0.407 e. The van der Waals surface area contributed by atoms with Crippen LogP contribution in [0.15, 0.2) is 18.2 Å². The van der Waals surface area contributed by atoms with Gasteiger partial charge in [-0.05, 0) is 58.6 Å². The van der Waals surface area contributed by atoms with Crippen LogP contribution in [-0.2, 0) is 9.53 Å². The van der Waals surface area contributed by atoms with Crippen LogP contribution in [0.3, 0.4) is 0 Å². The van der Waals surface area contributed by atoms with Crippen LogP contribution in [0.25, 0.3) is 0 Å². The zero-order chi connectivity index (χ0) is 23.5. The molecule has 1 aromatic rings. The Labute approximate surface area is 202 Å². The molecule has 0 saturated heterocycles. The quantitative estimate of drug-likeness (QED) is 0.450. The van der Waals surface area contributed by atoms with E-state index in [1.165, 1.54) is 11.0 Å². The number of nitro groups is 1. The van der Waals surface area contributed by atoms with Gasteiger partial charge in [0.1, 0.15) is 11.3 Å². The molecule has 2 fully saturated rings. The summed E-state index contributed by atoms with van der Waals surface area (Å²) in [7, 11) is 1.68. The zero-order valence-electron chi connectivity index (χ0n) is 19.8. The number of hydrogen-bond acceptors (Lipinski definition) is 6. The Morgan fingerprint density at radius 2 is 1.76 bits per heavy atom. The Morgan fingerprint density at radius 3 is 2.33 bits per heavy atom. The lowest BCUT2D eigenvalue weighted by atomic mass is 9.86. The van der Waals surface area contributed by atoms with Crippen LogP contribution in [0.4, 0.5) is 21.9 Å². The lowest BCUT2D eigenvalue weighted by molar-refractivity contribution is -0.383. The highest BCUT2D eigenvalue weighted by atomic mass is 32.1. The first-order valence-electron chi connectivity index (χ1n) is 11.4. The minimum atomic E-state index is -0.556. The van der Waals surface area contributed by atoms with E-state index in [-0.39, 0.29) is 43.1 Å². The molecule has 0 radical (unpaired) electrons. The fraction of sp³-hybridized carbons (Fsp3) is 0.652. The molecule has 9 nitrogen and oxygen atoms in total. The second kappa shape index (κ2) is 11.1. The summed E-state index contributed by atoms with van der Waals surface area (Å²) in [6.07, 6.45) is 5.87. The Kier molecular flexibility index (Phi) is 8.99. The standard InChI is InChI=1S/C23H34N4O5.H2S/c1-23(2,3)32-22(29)25-17-12-16(13-17)24-19-11-10-18(14-20(19)27(30)31)26(4)21(28)15-8-6-5-7-9-15;/h10-11,14-17,24H,5-9,12-13H2,1-4H3,(H,25,29);1H2. The zero-order valence-corrected chi connectivity index (χ0v) is 20.8. The average molecular weight is 481 g/mol. The van der Waals surface area contributed by atoms with Crippen LogP contribution in [0.5, 0.6) is 0 Å². The van der Waals surface area contributed by atoms with Gasteiger partial charge in [0.05, 0.1) is 10.6 Å². The molecular formula is C23H36N4O5S. The van der Waals surface area contributed by atoms with Gasteiger partial charge in [0.25, 0.3) is 5.69 Å². The van der Waals surface area contributed by atoms with Crippen molar-refractivity contribution in [3.8, 4) is 0 Å². The van der Waals surface area contributed by atoms with E-state index < -0.39 is 16.6 Å². The van der Waals surface area contributed by atoms with Crippen LogP contribution >= 0.6 is 13.5 Å². The largest absolute Gasteiger partial charge is 0.444 e. The average Bonchev–Trinajstić information content (AvgIpc) is 2.70. The molecule has 1 aromatic carbocycles. The molecule has 2 N–H and O–H groups in total. The number of amides is 2. The molecule has 2 amide bonds. The fourth-order valence-electron chi connectivity index (χ4n) is 4.30. The van der Waals surface area contributed by atoms with Gasteiger partial charge in [-0.15, -0.1) is 0 Å². The van der Waals surface area contributed by atoms with E-state index >= 15 is 0 Å². The van der Waals surface area contributed by atoms with Gasteiger partial charge in [-0.25, -0.2) is 4.79 Å². The van der Waals surface area contributed by atoms with E-state index in [2.05, 4.69) is 10.6 Å². The number of benzene rings is 1. The summed E-state index contributed by atoms with van der Waals surface area (Å²) < 4.78 is 5.25. The number of carbonyl (C=O) groups excluding carboxylic acids is 2. The molecule has 0 unspecified atom stereocenters. The first-order valence-corrected chi connectivity index (χ1v) is 11.4. The first kappa shape index (κ1) is 26.8. The predicted molar refractivity (Wildman–Crippen MR) is 133 cm³/mol. The van der Waals surface area contributed by atoms with Crippen LogP contribution < -0.4 is 15.5 Å².